The highest BCUT2D eigenvalue weighted by molar-refractivity contribution is 6.06. The average molecular weight is 397 g/mol. The van der Waals surface area contributed by atoms with E-state index in [1.165, 1.54) is 24.4 Å². The lowest BCUT2D eigenvalue weighted by Crippen LogP contribution is -2.21. The van der Waals surface area contributed by atoms with Crippen molar-refractivity contribution in [2.75, 3.05) is 5.32 Å². The first-order valence-corrected chi connectivity index (χ1v) is 9.19. The van der Waals surface area contributed by atoms with Gasteiger partial charge in [0.1, 0.15) is 11.6 Å². The molecule has 148 valence electrons. The van der Waals surface area contributed by atoms with Crippen molar-refractivity contribution < 1.29 is 14.7 Å². The van der Waals surface area contributed by atoms with E-state index in [0.717, 1.165) is 11.1 Å². The van der Waals surface area contributed by atoms with Gasteiger partial charge in [-0.25, -0.2) is 4.79 Å². The second kappa shape index (κ2) is 9.71. The maximum absolute atomic E-state index is 12.5. The molecule has 6 heteroatoms. The normalized spacial score (nSPS) is 10.9. The number of hydrogen-bond donors (Lipinski definition) is 3. The molecular weight excluding hydrogens is 378 g/mol. The third-order valence-electron chi connectivity index (χ3n) is 4.39. The summed E-state index contributed by atoms with van der Waals surface area (Å²) in [7, 11) is 0. The van der Waals surface area contributed by atoms with Crippen LogP contribution in [0.2, 0.25) is 0 Å². The number of amides is 1. The predicted molar refractivity (Wildman–Crippen MR) is 114 cm³/mol. The lowest BCUT2D eigenvalue weighted by atomic mass is 9.99. The van der Waals surface area contributed by atoms with Gasteiger partial charge in [0.2, 0.25) is 0 Å². The minimum atomic E-state index is -1.10. The Morgan fingerprint density at radius 3 is 2.03 bits per heavy atom. The molecule has 0 saturated carbocycles. The summed E-state index contributed by atoms with van der Waals surface area (Å²) in [5.74, 6) is -1.73. The molecule has 0 aliphatic heterocycles. The molecule has 0 atom stereocenters. The van der Waals surface area contributed by atoms with Crippen LogP contribution in [0.1, 0.15) is 27.5 Å². The van der Waals surface area contributed by atoms with Gasteiger partial charge < -0.3 is 15.7 Å². The molecule has 0 bridgehead atoms. The molecule has 0 aliphatic rings. The molecule has 0 heterocycles. The number of benzene rings is 3. The van der Waals surface area contributed by atoms with E-state index in [2.05, 4.69) is 10.6 Å². The fourth-order valence-electron chi connectivity index (χ4n) is 2.92. The Balaban J connectivity index is 1.82. The first kappa shape index (κ1) is 20.4. The molecule has 0 aromatic heterocycles. The van der Waals surface area contributed by atoms with Crippen LogP contribution in [-0.2, 0) is 4.79 Å². The van der Waals surface area contributed by atoms with Gasteiger partial charge in [-0.05, 0) is 29.3 Å². The van der Waals surface area contributed by atoms with E-state index in [4.69, 9.17) is 5.11 Å². The number of carboxylic acids is 1. The van der Waals surface area contributed by atoms with E-state index in [1.807, 2.05) is 66.7 Å². The zero-order valence-corrected chi connectivity index (χ0v) is 15.9. The molecule has 3 N–H and O–H groups in total. The van der Waals surface area contributed by atoms with Gasteiger partial charge in [-0.15, -0.1) is 0 Å². The Morgan fingerprint density at radius 1 is 0.900 bits per heavy atom. The van der Waals surface area contributed by atoms with Crippen LogP contribution in [0.5, 0.6) is 0 Å². The SMILES string of the molecule is N#C/C(=C/NC(c1ccccc1)c1ccccc1)C(=O)Nc1cccc(C(=O)O)c1. The largest absolute Gasteiger partial charge is 0.478 e. The van der Waals surface area contributed by atoms with Crippen molar-refractivity contribution in [3.8, 4) is 6.07 Å². The molecule has 0 saturated heterocycles. The van der Waals surface area contributed by atoms with Crippen LogP contribution in [0.15, 0.2) is 96.7 Å². The van der Waals surface area contributed by atoms with Crippen molar-refractivity contribution in [2.24, 2.45) is 0 Å². The zero-order valence-electron chi connectivity index (χ0n) is 15.9. The molecule has 0 fully saturated rings. The summed E-state index contributed by atoms with van der Waals surface area (Å²) in [6.07, 6.45) is 1.38. The van der Waals surface area contributed by atoms with E-state index >= 15 is 0 Å². The van der Waals surface area contributed by atoms with E-state index in [0.29, 0.717) is 5.69 Å². The molecule has 6 nitrogen and oxygen atoms in total. The molecule has 30 heavy (non-hydrogen) atoms. The first-order chi connectivity index (χ1) is 14.6. The van der Waals surface area contributed by atoms with Gasteiger partial charge >= 0.3 is 5.97 Å². The lowest BCUT2D eigenvalue weighted by molar-refractivity contribution is -0.112. The number of anilines is 1. The minimum Gasteiger partial charge on any atom is -0.478 e. The van der Waals surface area contributed by atoms with Gasteiger partial charge in [-0.1, -0.05) is 66.7 Å². The molecule has 1 amide bonds. The highest BCUT2D eigenvalue weighted by atomic mass is 16.4. The second-order valence-electron chi connectivity index (χ2n) is 6.43. The van der Waals surface area contributed by atoms with Crippen LogP contribution >= 0.6 is 0 Å². The van der Waals surface area contributed by atoms with Gasteiger partial charge in [0, 0.05) is 11.9 Å². The van der Waals surface area contributed by atoms with Crippen molar-refractivity contribution in [2.45, 2.75) is 6.04 Å². The van der Waals surface area contributed by atoms with Crippen LogP contribution in [0, 0.1) is 11.3 Å². The highest BCUT2D eigenvalue weighted by Gasteiger charge is 2.15. The van der Waals surface area contributed by atoms with Gasteiger partial charge in [0.25, 0.3) is 5.91 Å². The van der Waals surface area contributed by atoms with Crippen LogP contribution in [0.3, 0.4) is 0 Å². The third kappa shape index (κ3) is 5.12. The Morgan fingerprint density at radius 2 is 1.50 bits per heavy atom. The smallest absolute Gasteiger partial charge is 0.335 e. The van der Waals surface area contributed by atoms with Crippen LogP contribution in [-0.4, -0.2) is 17.0 Å². The fraction of sp³-hybridized carbons (Fsp3) is 0.0417. The molecule has 3 aromatic carbocycles. The second-order valence-corrected chi connectivity index (χ2v) is 6.43. The lowest BCUT2D eigenvalue weighted by Gasteiger charge is -2.19. The average Bonchev–Trinajstić information content (AvgIpc) is 2.78. The summed E-state index contributed by atoms with van der Waals surface area (Å²) in [5.41, 5.74) is 2.16. The topological polar surface area (TPSA) is 102 Å². The molecule has 0 unspecified atom stereocenters. The fourth-order valence-corrected chi connectivity index (χ4v) is 2.92. The molecule has 0 aliphatic carbocycles. The Labute approximate surface area is 174 Å². The van der Waals surface area contributed by atoms with Crippen LogP contribution in [0.25, 0.3) is 0 Å². The van der Waals surface area contributed by atoms with Crippen LogP contribution in [0.4, 0.5) is 5.69 Å². The van der Waals surface area contributed by atoms with Crippen molar-refractivity contribution in [3.05, 3.63) is 113 Å². The third-order valence-corrected chi connectivity index (χ3v) is 4.39. The van der Waals surface area contributed by atoms with E-state index < -0.39 is 11.9 Å². The van der Waals surface area contributed by atoms with Crippen molar-refractivity contribution in [1.29, 1.82) is 5.26 Å². The summed E-state index contributed by atoms with van der Waals surface area (Å²) in [5, 5.41) is 24.3. The van der Waals surface area contributed by atoms with Gasteiger partial charge in [-0.3, -0.25) is 4.79 Å². The minimum absolute atomic E-state index is 0.0432. The molecule has 3 aromatic rings. The number of rotatable bonds is 7. The monoisotopic (exact) mass is 397 g/mol. The number of nitrogens with one attached hydrogen (secondary N) is 2. The standard InChI is InChI=1S/C24H19N3O3/c25-15-20(23(28)27-21-13-7-12-19(14-21)24(29)30)16-26-22(17-8-3-1-4-9-17)18-10-5-2-6-11-18/h1-14,16,22,26H,(H,27,28)(H,29,30)/b20-16-. The molecular formula is C24H19N3O3. The van der Waals surface area contributed by atoms with Crippen LogP contribution < -0.4 is 10.6 Å². The number of carbonyl (C=O) groups excluding carboxylic acids is 1. The van der Waals surface area contributed by atoms with Crippen molar-refractivity contribution in [1.82, 2.24) is 5.32 Å². The Bertz CT molecular complexity index is 1060. The summed E-state index contributed by atoms with van der Waals surface area (Å²) in [6, 6.07) is 26.8. The Hall–Kier alpha value is -4.37. The number of nitrogens with zero attached hydrogens (tertiary/aromatic N) is 1. The first-order valence-electron chi connectivity index (χ1n) is 9.19. The number of hydrogen-bond acceptors (Lipinski definition) is 4. The maximum Gasteiger partial charge on any atom is 0.335 e. The van der Waals surface area contributed by atoms with E-state index in [-0.39, 0.29) is 17.2 Å². The van der Waals surface area contributed by atoms with Gasteiger partial charge in [-0.2, -0.15) is 5.26 Å². The van der Waals surface area contributed by atoms with E-state index in [1.54, 1.807) is 6.07 Å². The number of carboxylic acid groups (broad SMARTS) is 1. The number of carbonyl (C=O) groups is 2. The summed E-state index contributed by atoms with van der Waals surface area (Å²) in [6.45, 7) is 0. The summed E-state index contributed by atoms with van der Waals surface area (Å²) in [4.78, 5) is 23.6. The van der Waals surface area contributed by atoms with E-state index in [9.17, 15) is 14.9 Å². The Kier molecular flexibility index (Phi) is 6.59. The maximum atomic E-state index is 12.5. The molecule has 3 rings (SSSR count). The van der Waals surface area contributed by atoms with Gasteiger partial charge in [0.05, 0.1) is 11.6 Å². The number of aromatic carboxylic acids is 1. The highest BCUT2D eigenvalue weighted by Crippen LogP contribution is 2.22. The van der Waals surface area contributed by atoms with Crippen molar-refractivity contribution in [3.63, 3.8) is 0 Å². The predicted octanol–water partition coefficient (Wildman–Crippen LogP) is 4.11. The molecule has 0 spiro atoms. The zero-order chi connectivity index (χ0) is 21.3. The quantitative estimate of drug-likeness (QED) is 0.411. The summed E-state index contributed by atoms with van der Waals surface area (Å²) >= 11 is 0. The van der Waals surface area contributed by atoms with Crippen molar-refractivity contribution >= 4 is 17.6 Å². The summed E-state index contributed by atoms with van der Waals surface area (Å²) < 4.78 is 0. The molecule has 0 radical (unpaired) electrons. The number of nitriles is 1. The van der Waals surface area contributed by atoms with Gasteiger partial charge in [0.15, 0.2) is 0 Å².